The predicted octanol–water partition coefficient (Wildman–Crippen LogP) is 6.49. The van der Waals surface area contributed by atoms with Gasteiger partial charge in [-0.2, -0.15) is 0 Å². The van der Waals surface area contributed by atoms with Crippen molar-refractivity contribution in [3.05, 3.63) is 99.0 Å². The monoisotopic (exact) mass is 444 g/mol. The summed E-state index contributed by atoms with van der Waals surface area (Å²) in [7, 11) is 0. The highest BCUT2D eigenvalue weighted by Crippen LogP contribution is 2.26. The van der Waals surface area contributed by atoms with Crippen molar-refractivity contribution >= 4 is 50.5 Å². The topological polar surface area (TPSA) is 24.1 Å². The molecule has 0 aliphatic heterocycles. The number of thiocarbonyl (C=S) groups is 1. The number of hydrogen-bond acceptors (Lipinski definition) is 1. The van der Waals surface area contributed by atoms with E-state index in [4.69, 9.17) is 23.8 Å². The standard InChI is InChI=1S/C21H18BrClN2S/c1-14-7-9-16(10-8-14)20(15-5-3-2-4-6-15)25-21(26)24-17-11-12-18(22)19(23)13-17/h2-13,20H,1H3,(H2,24,25,26)/t20-/m1/s1. The molecule has 0 aliphatic rings. The highest BCUT2D eigenvalue weighted by atomic mass is 79.9. The van der Waals surface area contributed by atoms with Crippen molar-refractivity contribution in [2.45, 2.75) is 13.0 Å². The molecule has 0 heterocycles. The Morgan fingerprint density at radius 1 is 0.962 bits per heavy atom. The van der Waals surface area contributed by atoms with Gasteiger partial charge in [-0.3, -0.25) is 0 Å². The molecule has 0 aliphatic carbocycles. The summed E-state index contributed by atoms with van der Waals surface area (Å²) in [6.07, 6.45) is 0. The van der Waals surface area contributed by atoms with Crippen LogP contribution in [0.15, 0.2) is 77.3 Å². The van der Waals surface area contributed by atoms with Crippen LogP contribution in [0.2, 0.25) is 5.02 Å². The van der Waals surface area contributed by atoms with Crippen molar-refractivity contribution in [3.63, 3.8) is 0 Å². The van der Waals surface area contributed by atoms with E-state index in [0.29, 0.717) is 10.1 Å². The molecule has 0 spiro atoms. The lowest BCUT2D eigenvalue weighted by Gasteiger charge is -2.22. The van der Waals surface area contributed by atoms with Crippen molar-refractivity contribution in [2.75, 3.05) is 5.32 Å². The van der Waals surface area contributed by atoms with Gasteiger partial charge in [0.1, 0.15) is 0 Å². The van der Waals surface area contributed by atoms with Crippen molar-refractivity contribution < 1.29 is 0 Å². The molecule has 0 saturated carbocycles. The zero-order valence-corrected chi connectivity index (χ0v) is 17.3. The number of benzene rings is 3. The molecular weight excluding hydrogens is 428 g/mol. The Labute approximate surface area is 172 Å². The van der Waals surface area contributed by atoms with E-state index >= 15 is 0 Å². The van der Waals surface area contributed by atoms with Crippen LogP contribution in [-0.2, 0) is 0 Å². The fourth-order valence-corrected chi connectivity index (χ4v) is 3.30. The van der Waals surface area contributed by atoms with E-state index in [1.54, 1.807) is 0 Å². The molecule has 0 amide bonds. The van der Waals surface area contributed by atoms with Gasteiger partial charge in [-0.1, -0.05) is 71.8 Å². The van der Waals surface area contributed by atoms with Gasteiger partial charge in [0, 0.05) is 10.2 Å². The molecule has 3 aromatic carbocycles. The summed E-state index contributed by atoms with van der Waals surface area (Å²) < 4.78 is 0.852. The second-order valence-electron chi connectivity index (χ2n) is 5.98. The highest BCUT2D eigenvalue weighted by Gasteiger charge is 2.15. The normalized spacial score (nSPS) is 11.7. The van der Waals surface area contributed by atoms with Crippen LogP contribution in [0, 0.1) is 6.92 Å². The Hall–Kier alpha value is -1.88. The van der Waals surface area contributed by atoms with Crippen LogP contribution in [0.4, 0.5) is 5.69 Å². The van der Waals surface area contributed by atoms with Crippen LogP contribution in [-0.4, -0.2) is 5.11 Å². The predicted molar refractivity (Wildman–Crippen MR) is 118 cm³/mol. The summed E-state index contributed by atoms with van der Waals surface area (Å²) in [6, 6.07) is 24.3. The Morgan fingerprint density at radius 2 is 1.62 bits per heavy atom. The minimum atomic E-state index is -0.0391. The molecule has 5 heteroatoms. The van der Waals surface area contributed by atoms with Gasteiger partial charge >= 0.3 is 0 Å². The van der Waals surface area contributed by atoms with Gasteiger partial charge in [0.2, 0.25) is 0 Å². The molecule has 26 heavy (non-hydrogen) atoms. The van der Waals surface area contributed by atoms with Gasteiger partial charge in [0.25, 0.3) is 0 Å². The maximum Gasteiger partial charge on any atom is 0.171 e. The molecule has 0 aromatic heterocycles. The van der Waals surface area contributed by atoms with Crippen molar-refractivity contribution in [3.8, 4) is 0 Å². The number of nitrogens with one attached hydrogen (secondary N) is 2. The molecule has 3 rings (SSSR count). The molecule has 132 valence electrons. The smallest absolute Gasteiger partial charge is 0.171 e. The average molecular weight is 446 g/mol. The third kappa shape index (κ3) is 4.85. The number of hydrogen-bond donors (Lipinski definition) is 2. The number of halogens is 2. The molecule has 0 unspecified atom stereocenters. The van der Waals surface area contributed by atoms with Gasteiger partial charge in [0.15, 0.2) is 5.11 Å². The summed E-state index contributed by atoms with van der Waals surface area (Å²) in [5, 5.41) is 7.80. The average Bonchev–Trinajstić information content (AvgIpc) is 2.64. The van der Waals surface area contributed by atoms with E-state index in [-0.39, 0.29) is 6.04 Å². The zero-order valence-electron chi connectivity index (χ0n) is 14.2. The second-order valence-corrected chi connectivity index (χ2v) is 7.65. The highest BCUT2D eigenvalue weighted by molar-refractivity contribution is 9.10. The maximum atomic E-state index is 6.16. The molecule has 0 radical (unpaired) electrons. The molecule has 0 saturated heterocycles. The summed E-state index contributed by atoms with van der Waals surface area (Å²) in [5.74, 6) is 0. The molecule has 1 atom stereocenters. The molecule has 0 bridgehead atoms. The number of anilines is 1. The van der Waals surface area contributed by atoms with E-state index in [1.807, 2.05) is 36.4 Å². The van der Waals surface area contributed by atoms with Crippen molar-refractivity contribution in [1.29, 1.82) is 0 Å². The Balaban J connectivity index is 1.82. The summed E-state index contributed by atoms with van der Waals surface area (Å²) in [4.78, 5) is 0. The third-order valence-corrected chi connectivity index (χ3v) is 5.45. The lowest BCUT2D eigenvalue weighted by molar-refractivity contribution is 0.768. The summed E-state index contributed by atoms with van der Waals surface area (Å²) in [6.45, 7) is 2.08. The van der Waals surface area contributed by atoms with Gasteiger partial charge in [-0.05, 0) is 64.4 Å². The van der Waals surface area contributed by atoms with E-state index in [1.165, 1.54) is 5.56 Å². The van der Waals surface area contributed by atoms with Crippen LogP contribution < -0.4 is 10.6 Å². The van der Waals surface area contributed by atoms with Crippen LogP contribution >= 0.6 is 39.7 Å². The first-order chi connectivity index (χ1) is 12.5. The van der Waals surface area contributed by atoms with Crippen molar-refractivity contribution in [2.24, 2.45) is 0 Å². The van der Waals surface area contributed by atoms with E-state index < -0.39 is 0 Å². The summed E-state index contributed by atoms with van der Waals surface area (Å²) in [5.41, 5.74) is 4.37. The Morgan fingerprint density at radius 3 is 2.27 bits per heavy atom. The Kier molecular flexibility index (Phi) is 6.30. The van der Waals surface area contributed by atoms with E-state index in [2.05, 4.69) is 69.9 Å². The number of aryl methyl sites for hydroxylation is 1. The molecule has 2 N–H and O–H groups in total. The molecular formula is C21H18BrClN2S. The molecule has 2 nitrogen and oxygen atoms in total. The van der Waals surface area contributed by atoms with E-state index in [0.717, 1.165) is 21.3 Å². The van der Waals surface area contributed by atoms with Gasteiger partial charge in [0.05, 0.1) is 11.1 Å². The van der Waals surface area contributed by atoms with Crippen LogP contribution in [0.5, 0.6) is 0 Å². The second kappa shape index (κ2) is 8.67. The largest absolute Gasteiger partial charge is 0.352 e. The van der Waals surface area contributed by atoms with Crippen molar-refractivity contribution in [1.82, 2.24) is 5.32 Å². The molecule has 3 aromatic rings. The van der Waals surface area contributed by atoms with E-state index in [9.17, 15) is 0 Å². The first kappa shape index (κ1) is 18.9. The first-order valence-electron chi connectivity index (χ1n) is 8.17. The van der Waals surface area contributed by atoms with Gasteiger partial charge in [-0.15, -0.1) is 0 Å². The minimum Gasteiger partial charge on any atom is -0.352 e. The first-order valence-corrected chi connectivity index (χ1v) is 9.75. The lowest BCUT2D eigenvalue weighted by atomic mass is 9.98. The van der Waals surface area contributed by atoms with Crippen LogP contribution in [0.1, 0.15) is 22.7 Å². The fourth-order valence-electron chi connectivity index (χ4n) is 2.64. The number of rotatable bonds is 4. The zero-order chi connectivity index (χ0) is 18.5. The van der Waals surface area contributed by atoms with Gasteiger partial charge < -0.3 is 10.6 Å². The summed E-state index contributed by atoms with van der Waals surface area (Å²) >= 11 is 15.1. The third-order valence-electron chi connectivity index (χ3n) is 4.00. The maximum absolute atomic E-state index is 6.16. The van der Waals surface area contributed by atoms with Crippen LogP contribution in [0.3, 0.4) is 0 Å². The SMILES string of the molecule is Cc1ccc([C@H](NC(=S)Nc2ccc(Br)c(Cl)c2)c2ccccc2)cc1. The molecule has 0 fully saturated rings. The fraction of sp³-hybridized carbons (Fsp3) is 0.0952. The minimum absolute atomic E-state index is 0.0391. The lowest BCUT2D eigenvalue weighted by Crippen LogP contribution is -2.33. The van der Waals surface area contributed by atoms with Gasteiger partial charge in [-0.25, -0.2) is 0 Å². The quantitative estimate of drug-likeness (QED) is 0.449. The van der Waals surface area contributed by atoms with Crippen LogP contribution in [0.25, 0.3) is 0 Å². The Bertz CT molecular complexity index is 898.